The van der Waals surface area contributed by atoms with Crippen LogP contribution in [0.3, 0.4) is 0 Å². The van der Waals surface area contributed by atoms with E-state index in [4.69, 9.17) is 4.74 Å². The molecule has 0 aliphatic carbocycles. The molecule has 2 saturated heterocycles. The highest BCUT2D eigenvalue weighted by molar-refractivity contribution is 5.94. The number of piperidine rings is 2. The van der Waals surface area contributed by atoms with Crippen LogP contribution in [-0.4, -0.2) is 54.4 Å². The molecule has 0 bridgehead atoms. The van der Waals surface area contributed by atoms with E-state index in [0.717, 1.165) is 51.1 Å². The summed E-state index contributed by atoms with van der Waals surface area (Å²) in [5.74, 6) is 0.805. The third-order valence-electron chi connectivity index (χ3n) is 6.35. The van der Waals surface area contributed by atoms with Crippen LogP contribution in [0, 0.1) is 11.7 Å². The molecule has 170 valence electrons. The maximum absolute atomic E-state index is 13.4. The van der Waals surface area contributed by atoms with Gasteiger partial charge in [-0.05, 0) is 74.1 Å². The Morgan fingerprint density at radius 1 is 0.938 bits per heavy atom. The standard InChI is InChI=1S/C26H31FN2O3/c27-23-8-4-6-20(16-23)17-25(30)29-15-5-7-21(18-29)19-32-24-11-9-22(10-12-24)26(31)28-13-2-1-3-14-28/h4,6,8-12,16,21H,1-3,5,7,13-15,17-19H2/t21-/m1/s1. The van der Waals surface area contributed by atoms with E-state index in [1.54, 1.807) is 12.1 Å². The minimum Gasteiger partial charge on any atom is -0.493 e. The number of carbonyl (C=O) groups excluding carboxylic acids is 2. The molecule has 4 rings (SSSR count). The number of rotatable bonds is 6. The van der Waals surface area contributed by atoms with Crippen molar-refractivity contribution < 1.29 is 18.7 Å². The first-order valence-electron chi connectivity index (χ1n) is 11.6. The fourth-order valence-electron chi connectivity index (χ4n) is 4.55. The van der Waals surface area contributed by atoms with Gasteiger partial charge >= 0.3 is 0 Å². The second-order valence-electron chi connectivity index (χ2n) is 8.84. The first kappa shape index (κ1) is 22.3. The highest BCUT2D eigenvalue weighted by Crippen LogP contribution is 2.21. The molecule has 2 fully saturated rings. The molecule has 2 aliphatic rings. The molecule has 32 heavy (non-hydrogen) atoms. The smallest absolute Gasteiger partial charge is 0.253 e. The predicted molar refractivity (Wildman–Crippen MR) is 121 cm³/mol. The van der Waals surface area contributed by atoms with Crippen LogP contribution in [0.5, 0.6) is 5.75 Å². The van der Waals surface area contributed by atoms with E-state index in [0.29, 0.717) is 24.3 Å². The molecule has 2 aromatic carbocycles. The Kier molecular flexibility index (Phi) is 7.40. The highest BCUT2D eigenvalue weighted by atomic mass is 19.1. The number of ether oxygens (including phenoxy) is 1. The van der Waals surface area contributed by atoms with Gasteiger partial charge in [-0.3, -0.25) is 9.59 Å². The quantitative estimate of drug-likeness (QED) is 0.675. The van der Waals surface area contributed by atoms with Gasteiger partial charge in [-0.15, -0.1) is 0 Å². The van der Waals surface area contributed by atoms with Gasteiger partial charge in [-0.2, -0.15) is 0 Å². The topological polar surface area (TPSA) is 49.9 Å². The predicted octanol–water partition coefficient (Wildman–Crippen LogP) is 4.31. The molecule has 2 heterocycles. The summed E-state index contributed by atoms with van der Waals surface area (Å²) < 4.78 is 19.4. The Bertz CT molecular complexity index is 925. The number of halogens is 1. The number of benzene rings is 2. The lowest BCUT2D eigenvalue weighted by Crippen LogP contribution is -2.42. The van der Waals surface area contributed by atoms with Gasteiger partial charge < -0.3 is 14.5 Å². The first-order chi connectivity index (χ1) is 15.6. The Morgan fingerprint density at radius 2 is 1.69 bits per heavy atom. The van der Waals surface area contributed by atoms with Gasteiger partial charge in [-0.1, -0.05) is 12.1 Å². The maximum Gasteiger partial charge on any atom is 0.253 e. The van der Waals surface area contributed by atoms with Gasteiger partial charge in [0.2, 0.25) is 5.91 Å². The van der Waals surface area contributed by atoms with Crippen molar-refractivity contribution >= 4 is 11.8 Å². The molecule has 6 heteroatoms. The Morgan fingerprint density at radius 3 is 2.44 bits per heavy atom. The normalized spacial score (nSPS) is 19.0. The highest BCUT2D eigenvalue weighted by Gasteiger charge is 2.24. The number of hydrogen-bond acceptors (Lipinski definition) is 3. The van der Waals surface area contributed by atoms with E-state index in [-0.39, 0.29) is 30.0 Å². The molecular weight excluding hydrogens is 407 g/mol. The van der Waals surface area contributed by atoms with Gasteiger partial charge in [0, 0.05) is 37.7 Å². The van der Waals surface area contributed by atoms with E-state index in [9.17, 15) is 14.0 Å². The molecule has 5 nitrogen and oxygen atoms in total. The molecular formula is C26H31FN2O3. The average molecular weight is 439 g/mol. The first-order valence-corrected chi connectivity index (χ1v) is 11.6. The second-order valence-corrected chi connectivity index (χ2v) is 8.84. The number of carbonyl (C=O) groups is 2. The molecule has 2 amide bonds. The van der Waals surface area contributed by atoms with Gasteiger partial charge in [-0.25, -0.2) is 4.39 Å². The van der Waals surface area contributed by atoms with Crippen molar-refractivity contribution in [3.8, 4) is 5.75 Å². The SMILES string of the molecule is O=C(Cc1cccc(F)c1)N1CCC[C@@H](COc2ccc(C(=O)N3CCCCC3)cc2)C1. The average Bonchev–Trinajstić information content (AvgIpc) is 2.83. The lowest BCUT2D eigenvalue weighted by atomic mass is 9.98. The molecule has 2 aliphatic heterocycles. The molecule has 0 radical (unpaired) electrons. The van der Waals surface area contributed by atoms with Crippen molar-refractivity contribution in [2.24, 2.45) is 5.92 Å². The molecule has 0 spiro atoms. The van der Waals surface area contributed by atoms with E-state index in [2.05, 4.69) is 0 Å². The van der Waals surface area contributed by atoms with Crippen molar-refractivity contribution in [1.82, 2.24) is 9.80 Å². The van der Waals surface area contributed by atoms with Crippen LogP contribution in [0.1, 0.15) is 48.0 Å². The van der Waals surface area contributed by atoms with Crippen LogP contribution in [0.25, 0.3) is 0 Å². The maximum atomic E-state index is 13.4. The zero-order valence-electron chi connectivity index (χ0n) is 18.5. The van der Waals surface area contributed by atoms with E-state index < -0.39 is 0 Å². The molecule has 0 N–H and O–H groups in total. The van der Waals surface area contributed by atoms with E-state index in [1.165, 1.54) is 18.6 Å². The number of nitrogens with zero attached hydrogens (tertiary/aromatic N) is 2. The summed E-state index contributed by atoms with van der Waals surface area (Å²) in [4.78, 5) is 29.0. The Hall–Kier alpha value is -2.89. The third kappa shape index (κ3) is 5.87. The summed E-state index contributed by atoms with van der Waals surface area (Å²) >= 11 is 0. The summed E-state index contributed by atoms with van der Waals surface area (Å²) in [5, 5.41) is 0. The van der Waals surface area contributed by atoms with Crippen LogP contribution < -0.4 is 4.74 Å². The number of likely N-dealkylation sites (tertiary alicyclic amines) is 2. The minimum absolute atomic E-state index is 0.0286. The van der Waals surface area contributed by atoms with Crippen LogP contribution in [0.2, 0.25) is 0 Å². The van der Waals surface area contributed by atoms with Gasteiger partial charge in [0.15, 0.2) is 0 Å². The monoisotopic (exact) mass is 438 g/mol. The van der Waals surface area contributed by atoms with E-state index >= 15 is 0 Å². The van der Waals surface area contributed by atoms with E-state index in [1.807, 2.05) is 34.1 Å². The zero-order chi connectivity index (χ0) is 22.3. The van der Waals surface area contributed by atoms with Gasteiger partial charge in [0.05, 0.1) is 13.0 Å². The van der Waals surface area contributed by atoms with Crippen LogP contribution in [0.4, 0.5) is 4.39 Å². The fourth-order valence-corrected chi connectivity index (χ4v) is 4.55. The Labute approximate surface area is 189 Å². The summed E-state index contributed by atoms with van der Waals surface area (Å²) in [6.07, 6.45) is 5.52. The van der Waals surface area contributed by atoms with Crippen LogP contribution >= 0.6 is 0 Å². The summed E-state index contributed by atoms with van der Waals surface area (Å²) in [6, 6.07) is 13.6. The largest absolute Gasteiger partial charge is 0.493 e. The Balaban J connectivity index is 1.26. The number of hydrogen-bond donors (Lipinski definition) is 0. The molecule has 0 unspecified atom stereocenters. The summed E-state index contributed by atoms with van der Waals surface area (Å²) in [6.45, 7) is 3.60. The molecule has 1 atom stereocenters. The third-order valence-corrected chi connectivity index (χ3v) is 6.35. The lowest BCUT2D eigenvalue weighted by molar-refractivity contribution is -0.132. The van der Waals surface area contributed by atoms with Crippen molar-refractivity contribution in [2.75, 3.05) is 32.8 Å². The molecule has 0 aromatic heterocycles. The van der Waals surface area contributed by atoms with Gasteiger partial charge in [0.25, 0.3) is 5.91 Å². The van der Waals surface area contributed by atoms with Crippen molar-refractivity contribution in [1.29, 1.82) is 0 Å². The summed E-state index contributed by atoms with van der Waals surface area (Å²) in [5.41, 5.74) is 1.40. The lowest BCUT2D eigenvalue weighted by Gasteiger charge is -2.32. The van der Waals surface area contributed by atoms with Crippen molar-refractivity contribution in [2.45, 2.75) is 38.5 Å². The number of amides is 2. The van der Waals surface area contributed by atoms with Crippen LogP contribution in [0.15, 0.2) is 48.5 Å². The minimum atomic E-state index is -0.316. The molecule has 0 saturated carbocycles. The van der Waals surface area contributed by atoms with Gasteiger partial charge in [0.1, 0.15) is 11.6 Å². The summed E-state index contributed by atoms with van der Waals surface area (Å²) in [7, 11) is 0. The van der Waals surface area contributed by atoms with Crippen molar-refractivity contribution in [3.63, 3.8) is 0 Å². The fraction of sp³-hybridized carbons (Fsp3) is 0.462. The van der Waals surface area contributed by atoms with Crippen LogP contribution in [-0.2, 0) is 11.2 Å². The zero-order valence-corrected chi connectivity index (χ0v) is 18.5. The molecule has 2 aromatic rings. The van der Waals surface area contributed by atoms with Crippen molar-refractivity contribution in [3.05, 3.63) is 65.5 Å². The second kappa shape index (κ2) is 10.6.